The summed E-state index contributed by atoms with van der Waals surface area (Å²) in [6, 6.07) is 6.93. The van der Waals surface area contributed by atoms with Crippen LogP contribution in [0.5, 0.6) is 0 Å². The number of thiophene rings is 1. The Kier molecular flexibility index (Phi) is 7.32. The van der Waals surface area contributed by atoms with Gasteiger partial charge in [0, 0.05) is 4.88 Å². The molecule has 6 nitrogen and oxygen atoms in total. The molecule has 0 unspecified atom stereocenters. The predicted molar refractivity (Wildman–Crippen MR) is 112 cm³/mol. The van der Waals surface area contributed by atoms with Crippen molar-refractivity contribution in [1.82, 2.24) is 0 Å². The number of thiocarbonyl (C=S) groups is 1. The lowest BCUT2D eigenvalue weighted by Crippen LogP contribution is -2.22. The van der Waals surface area contributed by atoms with Crippen molar-refractivity contribution in [1.29, 1.82) is 0 Å². The maximum absolute atomic E-state index is 12.2. The predicted octanol–water partition coefficient (Wildman–Crippen LogP) is 4.39. The number of hydrogen-bond acceptors (Lipinski definition) is 6. The molecule has 0 saturated heterocycles. The number of carbonyl (C=O) groups excluding carboxylic acids is 2. The third-order valence-corrected chi connectivity index (χ3v) is 5.12. The van der Waals surface area contributed by atoms with Gasteiger partial charge in [0.1, 0.15) is 5.00 Å². The van der Waals surface area contributed by atoms with Gasteiger partial charge in [-0.25, -0.2) is 9.59 Å². The van der Waals surface area contributed by atoms with E-state index in [9.17, 15) is 9.59 Å². The van der Waals surface area contributed by atoms with Crippen LogP contribution < -0.4 is 10.6 Å². The van der Waals surface area contributed by atoms with Crippen LogP contribution in [0.15, 0.2) is 24.3 Å². The monoisotopic (exact) mass is 406 g/mol. The molecule has 0 atom stereocenters. The second-order valence-corrected chi connectivity index (χ2v) is 7.16. The lowest BCUT2D eigenvalue weighted by molar-refractivity contribution is 0.0526. The van der Waals surface area contributed by atoms with E-state index in [0.29, 0.717) is 28.2 Å². The van der Waals surface area contributed by atoms with E-state index in [0.717, 1.165) is 10.4 Å². The quantitative estimate of drug-likeness (QED) is 0.544. The van der Waals surface area contributed by atoms with Gasteiger partial charge < -0.3 is 20.1 Å². The molecule has 0 aliphatic rings. The first-order valence-corrected chi connectivity index (χ1v) is 9.70. The largest absolute Gasteiger partial charge is 0.465 e. The summed E-state index contributed by atoms with van der Waals surface area (Å²) in [6.45, 7) is 5.97. The SMILES string of the molecule is CCOC(=O)c1ccccc1NC(=S)Nc1sc(C)c(CC)c1C(=O)OC. The normalized spacial score (nSPS) is 10.2. The standard InChI is InChI=1S/C19H22N2O4S2/c1-5-12-11(3)27-16(15(12)18(23)24-4)21-19(26)20-14-10-8-7-9-13(14)17(22)25-6-2/h7-10H,5-6H2,1-4H3,(H2,20,21,26). The maximum atomic E-state index is 12.2. The molecule has 0 fully saturated rings. The van der Waals surface area contributed by atoms with Gasteiger partial charge >= 0.3 is 11.9 Å². The van der Waals surface area contributed by atoms with Gasteiger partial charge in [0.15, 0.2) is 5.11 Å². The Labute approximate surface area is 167 Å². The van der Waals surface area contributed by atoms with Gasteiger partial charge in [-0.15, -0.1) is 11.3 Å². The highest BCUT2D eigenvalue weighted by atomic mass is 32.1. The fourth-order valence-electron chi connectivity index (χ4n) is 2.65. The molecule has 1 aromatic carbocycles. The molecule has 0 aliphatic heterocycles. The van der Waals surface area contributed by atoms with E-state index in [2.05, 4.69) is 10.6 Å². The van der Waals surface area contributed by atoms with Crippen LogP contribution in [0.2, 0.25) is 0 Å². The molecule has 2 N–H and O–H groups in total. The second-order valence-electron chi connectivity index (χ2n) is 5.53. The Bertz CT molecular complexity index is 861. The van der Waals surface area contributed by atoms with Crippen molar-refractivity contribution in [2.75, 3.05) is 24.4 Å². The van der Waals surface area contributed by atoms with Gasteiger partial charge in [-0.1, -0.05) is 19.1 Å². The molecular formula is C19H22N2O4S2. The number of anilines is 2. The number of rotatable bonds is 6. The molecule has 0 amide bonds. The molecule has 0 saturated carbocycles. The minimum absolute atomic E-state index is 0.265. The molecule has 0 aliphatic carbocycles. The number of nitrogens with one attached hydrogen (secondary N) is 2. The number of methoxy groups -OCH3 is 1. The van der Waals surface area contributed by atoms with Crippen LogP contribution in [0.3, 0.4) is 0 Å². The fraction of sp³-hybridized carbons (Fsp3) is 0.316. The summed E-state index contributed by atoms with van der Waals surface area (Å²) in [6.07, 6.45) is 0.709. The average molecular weight is 407 g/mol. The zero-order valence-corrected chi connectivity index (χ0v) is 17.3. The first kappa shape index (κ1) is 20.9. The molecule has 0 bridgehead atoms. The Morgan fingerprint density at radius 2 is 1.85 bits per heavy atom. The van der Waals surface area contributed by atoms with E-state index in [1.165, 1.54) is 18.4 Å². The summed E-state index contributed by atoms with van der Waals surface area (Å²) in [4.78, 5) is 25.3. The Morgan fingerprint density at radius 1 is 1.15 bits per heavy atom. The number of carbonyl (C=O) groups is 2. The summed E-state index contributed by atoms with van der Waals surface area (Å²) in [7, 11) is 1.35. The van der Waals surface area contributed by atoms with Crippen molar-refractivity contribution in [2.24, 2.45) is 0 Å². The topological polar surface area (TPSA) is 76.7 Å². The van der Waals surface area contributed by atoms with Gasteiger partial charge in [0.05, 0.1) is 30.5 Å². The zero-order chi connectivity index (χ0) is 20.0. The van der Waals surface area contributed by atoms with Crippen molar-refractivity contribution in [3.8, 4) is 0 Å². The van der Waals surface area contributed by atoms with E-state index < -0.39 is 11.9 Å². The number of aryl methyl sites for hydroxylation is 1. The van der Waals surface area contributed by atoms with Crippen molar-refractivity contribution in [2.45, 2.75) is 27.2 Å². The summed E-state index contributed by atoms with van der Waals surface area (Å²) in [5.41, 5.74) is 2.33. The van der Waals surface area contributed by atoms with Gasteiger partial charge in [-0.05, 0) is 50.2 Å². The number of benzene rings is 1. The van der Waals surface area contributed by atoms with Crippen LogP contribution in [-0.4, -0.2) is 30.8 Å². The highest BCUT2D eigenvalue weighted by molar-refractivity contribution is 7.80. The Hall–Kier alpha value is -2.45. The molecule has 2 aromatic rings. The van der Waals surface area contributed by atoms with Gasteiger partial charge in [0.25, 0.3) is 0 Å². The zero-order valence-electron chi connectivity index (χ0n) is 15.7. The van der Waals surface area contributed by atoms with Crippen LogP contribution in [-0.2, 0) is 15.9 Å². The number of esters is 2. The number of hydrogen-bond donors (Lipinski definition) is 2. The summed E-state index contributed by atoms with van der Waals surface area (Å²) in [5, 5.41) is 6.93. The first-order valence-electron chi connectivity index (χ1n) is 8.47. The smallest absolute Gasteiger partial charge is 0.341 e. The van der Waals surface area contributed by atoms with Crippen LogP contribution in [0.4, 0.5) is 10.7 Å². The lowest BCUT2D eigenvalue weighted by atomic mass is 10.1. The molecule has 0 radical (unpaired) electrons. The van der Waals surface area contributed by atoms with Crippen LogP contribution in [0, 0.1) is 6.92 Å². The van der Waals surface area contributed by atoms with E-state index in [1.807, 2.05) is 13.8 Å². The molecule has 1 aromatic heterocycles. The van der Waals surface area contributed by atoms with E-state index in [4.69, 9.17) is 21.7 Å². The van der Waals surface area contributed by atoms with Crippen molar-refractivity contribution in [3.05, 3.63) is 45.8 Å². The minimum atomic E-state index is -0.432. The fourth-order valence-corrected chi connectivity index (χ4v) is 4.06. The second kappa shape index (κ2) is 9.48. The van der Waals surface area contributed by atoms with Crippen molar-refractivity contribution < 1.29 is 19.1 Å². The van der Waals surface area contributed by atoms with Crippen LogP contribution >= 0.6 is 23.6 Å². The van der Waals surface area contributed by atoms with E-state index in [1.54, 1.807) is 31.2 Å². The van der Waals surface area contributed by atoms with Gasteiger partial charge in [-0.2, -0.15) is 0 Å². The molecule has 2 rings (SSSR count). The molecule has 0 spiro atoms. The summed E-state index contributed by atoms with van der Waals surface area (Å²) >= 11 is 6.82. The van der Waals surface area contributed by atoms with Crippen molar-refractivity contribution in [3.63, 3.8) is 0 Å². The van der Waals surface area contributed by atoms with Gasteiger partial charge in [0.2, 0.25) is 0 Å². The maximum Gasteiger partial charge on any atom is 0.341 e. The van der Waals surface area contributed by atoms with E-state index in [-0.39, 0.29) is 11.7 Å². The first-order chi connectivity index (χ1) is 12.9. The third-order valence-electron chi connectivity index (χ3n) is 3.85. The van der Waals surface area contributed by atoms with E-state index >= 15 is 0 Å². The van der Waals surface area contributed by atoms with Crippen LogP contribution in [0.25, 0.3) is 0 Å². The van der Waals surface area contributed by atoms with Gasteiger partial charge in [-0.3, -0.25) is 0 Å². The van der Waals surface area contributed by atoms with Crippen molar-refractivity contribution >= 4 is 51.3 Å². The highest BCUT2D eigenvalue weighted by Crippen LogP contribution is 2.34. The molecule has 1 heterocycles. The highest BCUT2D eigenvalue weighted by Gasteiger charge is 2.22. The number of para-hydroxylation sites is 1. The Balaban J connectivity index is 2.25. The molecular weight excluding hydrogens is 384 g/mol. The van der Waals surface area contributed by atoms with Crippen LogP contribution in [0.1, 0.15) is 45.0 Å². The summed E-state index contributed by atoms with van der Waals surface area (Å²) < 4.78 is 9.98. The summed E-state index contributed by atoms with van der Waals surface area (Å²) in [5.74, 6) is -0.840. The average Bonchev–Trinajstić information content (AvgIpc) is 2.96. The lowest BCUT2D eigenvalue weighted by Gasteiger charge is -2.13. The third kappa shape index (κ3) is 4.84. The number of ether oxygens (including phenoxy) is 2. The molecule has 8 heteroatoms. The molecule has 144 valence electrons. The minimum Gasteiger partial charge on any atom is -0.465 e. The Morgan fingerprint density at radius 3 is 2.48 bits per heavy atom. The molecule has 27 heavy (non-hydrogen) atoms.